The van der Waals surface area contributed by atoms with Crippen molar-refractivity contribution in [3.8, 4) is 0 Å². The highest BCUT2D eigenvalue weighted by Crippen LogP contribution is 2.07. The Labute approximate surface area is 176 Å². The lowest BCUT2D eigenvalue weighted by atomic mass is 10.1. The lowest BCUT2D eigenvalue weighted by Crippen LogP contribution is -2.50. The van der Waals surface area contributed by atoms with Gasteiger partial charge in [0.1, 0.15) is 12.1 Å². The Bertz CT molecular complexity index is 695. The number of carbonyl (C=O) groups is 4. The van der Waals surface area contributed by atoms with Gasteiger partial charge in [0.25, 0.3) is 5.91 Å². The SMILES string of the molecule is CC[C@H](NC(=O)N[C@@H](CCCCNC(=O)c1ccc(I)cc1)C(=O)O)C(=O)O. The lowest BCUT2D eigenvalue weighted by molar-refractivity contribution is -0.139. The zero-order valence-electron chi connectivity index (χ0n) is 15.4. The van der Waals surface area contributed by atoms with Gasteiger partial charge >= 0.3 is 18.0 Å². The van der Waals surface area contributed by atoms with Gasteiger partial charge in [-0.15, -0.1) is 0 Å². The molecule has 0 heterocycles. The van der Waals surface area contributed by atoms with Crippen molar-refractivity contribution < 1.29 is 29.4 Å². The summed E-state index contributed by atoms with van der Waals surface area (Å²) in [6, 6.07) is 4.05. The number of nitrogens with one attached hydrogen (secondary N) is 3. The highest BCUT2D eigenvalue weighted by atomic mass is 127. The van der Waals surface area contributed by atoms with Gasteiger partial charge in [0, 0.05) is 15.7 Å². The summed E-state index contributed by atoms with van der Waals surface area (Å²) < 4.78 is 1.03. The van der Waals surface area contributed by atoms with Crippen molar-refractivity contribution in [1.82, 2.24) is 16.0 Å². The summed E-state index contributed by atoms with van der Waals surface area (Å²) >= 11 is 2.15. The number of halogens is 1. The fourth-order valence-corrected chi connectivity index (χ4v) is 2.69. The largest absolute Gasteiger partial charge is 0.480 e. The standard InChI is InChI=1S/C18H24IN3O6/c1-2-13(16(24)25)21-18(28)22-14(17(26)27)5-3-4-10-20-15(23)11-6-8-12(19)9-7-11/h6-9,13-14H,2-5,10H2,1H3,(H,20,23)(H,24,25)(H,26,27)(H2,21,22,28)/t13-,14-/m0/s1. The average molecular weight is 505 g/mol. The minimum atomic E-state index is -1.21. The smallest absolute Gasteiger partial charge is 0.326 e. The molecule has 0 saturated heterocycles. The van der Waals surface area contributed by atoms with Gasteiger partial charge in [0.15, 0.2) is 0 Å². The Hall–Kier alpha value is -2.37. The number of carboxylic acids is 2. The summed E-state index contributed by atoms with van der Waals surface area (Å²) in [5.41, 5.74) is 0.547. The van der Waals surface area contributed by atoms with Crippen molar-refractivity contribution in [2.24, 2.45) is 0 Å². The number of unbranched alkanes of at least 4 members (excludes halogenated alkanes) is 1. The summed E-state index contributed by atoms with van der Waals surface area (Å²) in [6.45, 7) is 1.97. The number of hydrogen-bond acceptors (Lipinski definition) is 4. The van der Waals surface area contributed by atoms with Crippen LogP contribution in [0.25, 0.3) is 0 Å². The molecule has 9 nitrogen and oxygen atoms in total. The van der Waals surface area contributed by atoms with Gasteiger partial charge in [-0.05, 0) is 72.5 Å². The monoisotopic (exact) mass is 505 g/mol. The summed E-state index contributed by atoms with van der Waals surface area (Å²) in [6.07, 6.45) is 1.34. The molecule has 0 unspecified atom stereocenters. The number of amides is 3. The fourth-order valence-electron chi connectivity index (χ4n) is 2.33. The molecule has 154 valence electrons. The van der Waals surface area contributed by atoms with E-state index in [0.29, 0.717) is 24.9 Å². The third kappa shape index (κ3) is 8.55. The van der Waals surface area contributed by atoms with Crippen LogP contribution in [-0.2, 0) is 9.59 Å². The third-order valence-corrected chi connectivity index (χ3v) is 4.65. The van der Waals surface area contributed by atoms with Crippen molar-refractivity contribution in [2.45, 2.75) is 44.7 Å². The molecule has 0 aromatic heterocycles. The zero-order valence-corrected chi connectivity index (χ0v) is 17.6. The van der Waals surface area contributed by atoms with Gasteiger partial charge < -0.3 is 26.2 Å². The van der Waals surface area contributed by atoms with Gasteiger partial charge in [0.2, 0.25) is 0 Å². The van der Waals surface area contributed by atoms with Crippen molar-refractivity contribution in [3.05, 3.63) is 33.4 Å². The van der Waals surface area contributed by atoms with Crippen LogP contribution in [0.1, 0.15) is 43.0 Å². The molecule has 2 atom stereocenters. The Balaban J connectivity index is 2.36. The molecule has 0 spiro atoms. The maximum absolute atomic E-state index is 12.0. The lowest BCUT2D eigenvalue weighted by Gasteiger charge is -2.17. The van der Waals surface area contributed by atoms with E-state index in [2.05, 4.69) is 38.5 Å². The number of carboxylic acid groups (broad SMARTS) is 2. The van der Waals surface area contributed by atoms with Crippen molar-refractivity contribution in [1.29, 1.82) is 0 Å². The number of aliphatic carboxylic acids is 2. The second-order valence-electron chi connectivity index (χ2n) is 6.07. The number of hydrogen-bond donors (Lipinski definition) is 5. The molecule has 0 fully saturated rings. The molecule has 0 aliphatic carbocycles. The molecule has 28 heavy (non-hydrogen) atoms. The highest BCUT2D eigenvalue weighted by molar-refractivity contribution is 14.1. The molecule has 1 aromatic carbocycles. The number of rotatable bonds is 11. The molecule has 3 amide bonds. The Morgan fingerprint density at radius 2 is 1.54 bits per heavy atom. The summed E-state index contributed by atoms with van der Waals surface area (Å²) in [4.78, 5) is 45.9. The van der Waals surface area contributed by atoms with Gasteiger partial charge in [-0.1, -0.05) is 6.92 Å². The summed E-state index contributed by atoms with van der Waals surface area (Å²) in [7, 11) is 0. The predicted octanol–water partition coefficient (Wildman–Crippen LogP) is 1.81. The van der Waals surface area contributed by atoms with Crippen LogP contribution in [0.15, 0.2) is 24.3 Å². The van der Waals surface area contributed by atoms with E-state index < -0.39 is 30.1 Å². The number of benzene rings is 1. The van der Waals surface area contributed by atoms with E-state index in [9.17, 15) is 24.3 Å². The summed E-state index contributed by atoms with van der Waals surface area (Å²) in [5.74, 6) is -2.60. The van der Waals surface area contributed by atoms with Crippen LogP contribution in [0.4, 0.5) is 4.79 Å². The third-order valence-electron chi connectivity index (χ3n) is 3.93. The summed E-state index contributed by atoms with van der Waals surface area (Å²) in [5, 5.41) is 25.4. The normalized spacial score (nSPS) is 12.5. The van der Waals surface area contributed by atoms with Crippen LogP contribution in [0, 0.1) is 3.57 Å². The topological polar surface area (TPSA) is 145 Å². The molecule has 0 aliphatic rings. The Morgan fingerprint density at radius 3 is 2.07 bits per heavy atom. The zero-order chi connectivity index (χ0) is 21.1. The van der Waals surface area contributed by atoms with E-state index in [1.807, 2.05) is 12.1 Å². The van der Waals surface area contributed by atoms with E-state index in [1.165, 1.54) is 0 Å². The van der Waals surface area contributed by atoms with Gasteiger partial charge in [-0.25, -0.2) is 14.4 Å². The minimum absolute atomic E-state index is 0.159. The predicted molar refractivity (Wildman–Crippen MR) is 110 cm³/mol. The maximum Gasteiger partial charge on any atom is 0.326 e. The first kappa shape index (κ1) is 23.7. The van der Waals surface area contributed by atoms with Crippen LogP contribution in [0.2, 0.25) is 0 Å². The number of urea groups is 1. The molecular weight excluding hydrogens is 481 g/mol. The van der Waals surface area contributed by atoms with Gasteiger partial charge in [0.05, 0.1) is 0 Å². The second-order valence-corrected chi connectivity index (χ2v) is 7.31. The molecule has 0 saturated carbocycles. The fraction of sp³-hybridized carbons (Fsp3) is 0.444. The van der Waals surface area contributed by atoms with Crippen molar-refractivity contribution in [2.75, 3.05) is 6.54 Å². The van der Waals surface area contributed by atoms with Crippen LogP contribution in [0.3, 0.4) is 0 Å². The molecule has 0 aliphatic heterocycles. The van der Waals surface area contributed by atoms with Crippen LogP contribution < -0.4 is 16.0 Å². The molecule has 0 bridgehead atoms. The van der Waals surface area contributed by atoms with Crippen LogP contribution in [0.5, 0.6) is 0 Å². The first-order valence-electron chi connectivity index (χ1n) is 8.81. The van der Waals surface area contributed by atoms with Crippen molar-refractivity contribution >= 4 is 46.5 Å². The molecule has 1 aromatic rings. The van der Waals surface area contributed by atoms with Gasteiger partial charge in [-0.2, -0.15) is 0 Å². The first-order chi connectivity index (χ1) is 13.2. The van der Waals surface area contributed by atoms with E-state index in [0.717, 1.165) is 3.57 Å². The molecular formula is C18H24IN3O6. The first-order valence-corrected chi connectivity index (χ1v) is 9.88. The molecule has 0 radical (unpaired) electrons. The Morgan fingerprint density at radius 1 is 0.964 bits per heavy atom. The van der Waals surface area contributed by atoms with Crippen LogP contribution in [-0.4, -0.2) is 52.7 Å². The average Bonchev–Trinajstić information content (AvgIpc) is 2.64. The minimum Gasteiger partial charge on any atom is -0.480 e. The second kappa shape index (κ2) is 12.2. The van der Waals surface area contributed by atoms with E-state index in [1.54, 1.807) is 19.1 Å². The number of carbonyl (C=O) groups excluding carboxylic acids is 2. The van der Waals surface area contributed by atoms with Gasteiger partial charge in [-0.3, -0.25) is 4.79 Å². The molecule has 1 rings (SSSR count). The molecule has 5 N–H and O–H groups in total. The van der Waals surface area contributed by atoms with E-state index in [-0.39, 0.29) is 18.7 Å². The Kier molecular flexibility index (Phi) is 10.3. The van der Waals surface area contributed by atoms with Crippen molar-refractivity contribution in [3.63, 3.8) is 0 Å². The van der Waals surface area contributed by atoms with E-state index >= 15 is 0 Å². The highest BCUT2D eigenvalue weighted by Gasteiger charge is 2.23. The quantitative estimate of drug-likeness (QED) is 0.229. The molecule has 10 heteroatoms. The van der Waals surface area contributed by atoms with Crippen LogP contribution >= 0.6 is 22.6 Å². The van der Waals surface area contributed by atoms with E-state index in [4.69, 9.17) is 5.11 Å². The maximum atomic E-state index is 12.0.